The van der Waals surface area contributed by atoms with Crippen molar-refractivity contribution < 1.29 is 4.79 Å². The van der Waals surface area contributed by atoms with Gasteiger partial charge in [0.15, 0.2) is 0 Å². The quantitative estimate of drug-likeness (QED) is 0.929. The Bertz CT molecular complexity index is 601. The van der Waals surface area contributed by atoms with Crippen LogP contribution in [-0.4, -0.2) is 10.9 Å². The number of hydrogen-bond donors (Lipinski definition) is 1. The first-order chi connectivity index (χ1) is 9.24. The van der Waals surface area contributed by atoms with Crippen molar-refractivity contribution in [3.8, 4) is 6.07 Å². The highest BCUT2D eigenvalue weighted by atomic mass is 32.1. The minimum Gasteiger partial charge on any atom is -0.343 e. The maximum absolute atomic E-state index is 12.1. The van der Waals surface area contributed by atoms with E-state index in [0.29, 0.717) is 11.1 Å². The summed E-state index contributed by atoms with van der Waals surface area (Å²) in [6, 6.07) is 8.61. The molecule has 0 aliphatic rings. The molecule has 0 fully saturated rings. The summed E-state index contributed by atoms with van der Waals surface area (Å²) in [4.78, 5) is 16.4. The molecule has 1 amide bonds. The standard InChI is InChI=1S/C14H13N3OS/c1-2-12(14-16-6-7-19-14)17-13(18)11-5-3-4-10(8-11)9-15/h3-8,12H,2H2,1H3,(H,17,18). The van der Waals surface area contributed by atoms with Gasteiger partial charge in [0.2, 0.25) is 0 Å². The van der Waals surface area contributed by atoms with Gasteiger partial charge in [-0.25, -0.2) is 4.98 Å². The summed E-state index contributed by atoms with van der Waals surface area (Å²) in [6.07, 6.45) is 2.50. The molecular weight excluding hydrogens is 258 g/mol. The van der Waals surface area contributed by atoms with Crippen LogP contribution in [-0.2, 0) is 0 Å². The summed E-state index contributed by atoms with van der Waals surface area (Å²) in [5.41, 5.74) is 0.976. The lowest BCUT2D eigenvalue weighted by Gasteiger charge is -2.14. The van der Waals surface area contributed by atoms with Crippen molar-refractivity contribution in [3.05, 3.63) is 52.0 Å². The van der Waals surface area contributed by atoms with Crippen molar-refractivity contribution in [2.45, 2.75) is 19.4 Å². The van der Waals surface area contributed by atoms with E-state index in [1.54, 1.807) is 30.5 Å². The lowest BCUT2D eigenvalue weighted by molar-refractivity contribution is 0.0935. The number of nitrogens with zero attached hydrogens (tertiary/aromatic N) is 2. The average molecular weight is 271 g/mol. The van der Waals surface area contributed by atoms with Gasteiger partial charge >= 0.3 is 0 Å². The predicted octanol–water partition coefficient (Wildman–Crippen LogP) is 2.90. The number of benzene rings is 1. The number of rotatable bonds is 4. The summed E-state index contributed by atoms with van der Waals surface area (Å²) in [5, 5.41) is 14.6. The summed E-state index contributed by atoms with van der Waals surface area (Å²) in [7, 11) is 0. The van der Waals surface area contributed by atoms with Crippen LogP contribution in [0.1, 0.15) is 40.3 Å². The van der Waals surface area contributed by atoms with Crippen LogP contribution in [0.3, 0.4) is 0 Å². The van der Waals surface area contributed by atoms with Gasteiger partial charge in [-0.3, -0.25) is 4.79 Å². The number of carbonyl (C=O) groups excluding carboxylic acids is 1. The van der Waals surface area contributed by atoms with Gasteiger partial charge in [0.1, 0.15) is 5.01 Å². The summed E-state index contributed by atoms with van der Waals surface area (Å²) < 4.78 is 0. The number of thiazole rings is 1. The van der Waals surface area contributed by atoms with Crippen molar-refractivity contribution in [3.63, 3.8) is 0 Å². The SMILES string of the molecule is CCC(NC(=O)c1cccc(C#N)c1)c1nccs1. The maximum atomic E-state index is 12.1. The first kappa shape index (κ1) is 13.2. The monoisotopic (exact) mass is 271 g/mol. The molecule has 1 atom stereocenters. The summed E-state index contributed by atoms with van der Waals surface area (Å²) in [5.74, 6) is -0.181. The van der Waals surface area contributed by atoms with Crippen molar-refractivity contribution in [1.82, 2.24) is 10.3 Å². The fraction of sp³-hybridized carbons (Fsp3) is 0.214. The largest absolute Gasteiger partial charge is 0.343 e. The molecule has 0 aliphatic heterocycles. The zero-order valence-electron chi connectivity index (χ0n) is 10.5. The number of amides is 1. The van der Waals surface area contributed by atoms with E-state index in [2.05, 4.69) is 10.3 Å². The van der Waals surface area contributed by atoms with Crippen LogP contribution in [0.25, 0.3) is 0 Å². The van der Waals surface area contributed by atoms with Crippen LogP contribution in [0.4, 0.5) is 0 Å². The fourth-order valence-electron chi connectivity index (χ4n) is 1.72. The number of aromatic nitrogens is 1. The van der Waals surface area contributed by atoms with Gasteiger partial charge in [-0.1, -0.05) is 13.0 Å². The molecule has 19 heavy (non-hydrogen) atoms. The molecule has 0 saturated heterocycles. The number of carbonyl (C=O) groups is 1. The van der Waals surface area contributed by atoms with Crippen molar-refractivity contribution >= 4 is 17.2 Å². The molecule has 4 nitrogen and oxygen atoms in total. The van der Waals surface area contributed by atoms with Gasteiger partial charge in [0.25, 0.3) is 5.91 Å². The molecule has 1 unspecified atom stereocenters. The number of hydrogen-bond acceptors (Lipinski definition) is 4. The highest BCUT2D eigenvalue weighted by molar-refractivity contribution is 7.09. The third kappa shape index (κ3) is 3.18. The van der Waals surface area contributed by atoms with Crippen LogP contribution in [0.5, 0.6) is 0 Å². The molecule has 2 aromatic rings. The molecule has 1 heterocycles. The second-order valence-electron chi connectivity index (χ2n) is 4.00. The van der Waals surface area contributed by atoms with Crippen molar-refractivity contribution in [1.29, 1.82) is 5.26 Å². The summed E-state index contributed by atoms with van der Waals surface area (Å²) in [6.45, 7) is 2.00. The molecule has 96 valence electrons. The smallest absolute Gasteiger partial charge is 0.251 e. The van der Waals surface area contributed by atoms with E-state index in [1.165, 1.54) is 11.3 Å². The van der Waals surface area contributed by atoms with Crippen LogP contribution in [0, 0.1) is 11.3 Å². The Labute approximate surface area is 115 Å². The third-order valence-corrected chi connectivity index (χ3v) is 3.61. The van der Waals surface area contributed by atoms with E-state index in [4.69, 9.17) is 5.26 Å². The molecule has 1 N–H and O–H groups in total. The second kappa shape index (κ2) is 6.12. The van der Waals surface area contributed by atoms with Gasteiger partial charge in [-0.15, -0.1) is 11.3 Å². The van der Waals surface area contributed by atoms with Crippen LogP contribution in [0.15, 0.2) is 35.8 Å². The van der Waals surface area contributed by atoms with Gasteiger partial charge in [-0.2, -0.15) is 5.26 Å². The van der Waals surface area contributed by atoms with E-state index in [-0.39, 0.29) is 11.9 Å². The minimum absolute atomic E-state index is 0.0850. The average Bonchev–Trinajstić information content (AvgIpc) is 2.98. The zero-order valence-corrected chi connectivity index (χ0v) is 11.3. The minimum atomic E-state index is -0.181. The molecule has 1 aromatic carbocycles. The van der Waals surface area contributed by atoms with Gasteiger partial charge in [0, 0.05) is 17.1 Å². The Balaban J connectivity index is 2.14. The Morgan fingerprint density at radius 1 is 1.58 bits per heavy atom. The van der Waals surface area contributed by atoms with Gasteiger partial charge in [-0.05, 0) is 24.6 Å². The van der Waals surface area contributed by atoms with Crippen molar-refractivity contribution in [2.75, 3.05) is 0 Å². The topological polar surface area (TPSA) is 65.8 Å². The van der Waals surface area contributed by atoms with Crippen LogP contribution < -0.4 is 5.32 Å². The lowest BCUT2D eigenvalue weighted by Crippen LogP contribution is -2.28. The Morgan fingerprint density at radius 3 is 3.05 bits per heavy atom. The molecule has 5 heteroatoms. The van der Waals surface area contributed by atoms with E-state index in [0.717, 1.165) is 11.4 Å². The number of nitriles is 1. The Hall–Kier alpha value is -2.19. The molecule has 0 radical (unpaired) electrons. The molecule has 1 aromatic heterocycles. The number of nitrogens with one attached hydrogen (secondary N) is 1. The van der Waals surface area contributed by atoms with E-state index in [1.807, 2.05) is 18.4 Å². The molecule has 0 aliphatic carbocycles. The first-order valence-electron chi connectivity index (χ1n) is 5.95. The Kier molecular flexibility index (Phi) is 4.26. The molecule has 2 rings (SSSR count). The lowest BCUT2D eigenvalue weighted by atomic mass is 10.1. The first-order valence-corrected chi connectivity index (χ1v) is 6.83. The summed E-state index contributed by atoms with van der Waals surface area (Å²) >= 11 is 1.52. The zero-order chi connectivity index (χ0) is 13.7. The fourth-order valence-corrected chi connectivity index (χ4v) is 2.49. The molecule has 0 spiro atoms. The van der Waals surface area contributed by atoms with Gasteiger partial charge < -0.3 is 5.32 Å². The van der Waals surface area contributed by atoms with Crippen LogP contribution in [0.2, 0.25) is 0 Å². The van der Waals surface area contributed by atoms with E-state index in [9.17, 15) is 4.79 Å². The molecular formula is C14H13N3OS. The highest BCUT2D eigenvalue weighted by Crippen LogP contribution is 2.19. The van der Waals surface area contributed by atoms with E-state index < -0.39 is 0 Å². The van der Waals surface area contributed by atoms with Crippen molar-refractivity contribution in [2.24, 2.45) is 0 Å². The molecule has 0 bridgehead atoms. The highest BCUT2D eigenvalue weighted by Gasteiger charge is 2.16. The van der Waals surface area contributed by atoms with Gasteiger partial charge in [0.05, 0.1) is 17.7 Å². The van der Waals surface area contributed by atoms with Crippen LogP contribution >= 0.6 is 11.3 Å². The Morgan fingerprint density at radius 2 is 2.42 bits per heavy atom. The predicted molar refractivity (Wildman–Crippen MR) is 73.8 cm³/mol. The maximum Gasteiger partial charge on any atom is 0.251 e. The van der Waals surface area contributed by atoms with E-state index >= 15 is 0 Å². The normalized spacial score (nSPS) is 11.6. The second-order valence-corrected chi connectivity index (χ2v) is 4.92. The third-order valence-electron chi connectivity index (χ3n) is 2.72. The molecule has 0 saturated carbocycles.